The van der Waals surface area contributed by atoms with Crippen molar-refractivity contribution in [1.29, 1.82) is 5.41 Å². The molecule has 1 amide bonds. The summed E-state index contributed by atoms with van der Waals surface area (Å²) in [7, 11) is -3.62. The number of nitrogens with one attached hydrogen (secondary N) is 1. The SMILES string of the molecule is CC(=O)O.N=C(N)c1cccc(C(=O)N2CCN(S(=O)(=O)c3ccc(Cl)cc3)CC2)c1. The molecule has 0 atom stereocenters. The molecule has 166 valence electrons. The van der Waals surface area contributed by atoms with Crippen LogP contribution in [0.4, 0.5) is 0 Å². The second kappa shape index (κ2) is 10.4. The summed E-state index contributed by atoms with van der Waals surface area (Å²) in [5, 5.41) is 15.4. The van der Waals surface area contributed by atoms with E-state index >= 15 is 0 Å². The topological polar surface area (TPSA) is 145 Å². The summed E-state index contributed by atoms with van der Waals surface area (Å²) < 4.78 is 26.8. The van der Waals surface area contributed by atoms with Gasteiger partial charge in [0, 0.05) is 49.3 Å². The third-order valence-electron chi connectivity index (χ3n) is 4.40. The smallest absolute Gasteiger partial charge is 0.300 e. The monoisotopic (exact) mass is 466 g/mol. The Labute approximate surface area is 185 Å². The molecule has 3 rings (SSSR count). The van der Waals surface area contributed by atoms with Gasteiger partial charge in [0.25, 0.3) is 11.9 Å². The number of rotatable bonds is 4. The first-order valence-corrected chi connectivity index (χ1v) is 11.0. The predicted octanol–water partition coefficient (Wildman–Crippen LogP) is 1.86. The molecular weight excluding hydrogens is 444 g/mol. The van der Waals surface area contributed by atoms with Gasteiger partial charge in [-0.25, -0.2) is 8.42 Å². The summed E-state index contributed by atoms with van der Waals surface area (Å²) in [5.41, 5.74) is 6.37. The van der Waals surface area contributed by atoms with Crippen LogP contribution in [0.5, 0.6) is 0 Å². The Morgan fingerprint density at radius 3 is 2.06 bits per heavy atom. The summed E-state index contributed by atoms with van der Waals surface area (Å²) in [6.07, 6.45) is 0. The highest BCUT2D eigenvalue weighted by atomic mass is 35.5. The predicted molar refractivity (Wildman–Crippen MR) is 117 cm³/mol. The Balaban J connectivity index is 0.000000785. The minimum atomic E-state index is -3.62. The summed E-state index contributed by atoms with van der Waals surface area (Å²) >= 11 is 5.82. The number of nitrogens with two attached hydrogens (primary N) is 1. The van der Waals surface area contributed by atoms with E-state index in [4.69, 9.17) is 32.6 Å². The Bertz CT molecular complexity index is 1060. The second-order valence-corrected chi connectivity index (χ2v) is 9.04. The van der Waals surface area contributed by atoms with Gasteiger partial charge in [-0.1, -0.05) is 23.7 Å². The molecule has 0 spiro atoms. The highest BCUT2D eigenvalue weighted by Gasteiger charge is 2.30. The molecule has 1 aliphatic heterocycles. The first-order chi connectivity index (χ1) is 14.5. The molecule has 0 radical (unpaired) electrons. The van der Waals surface area contributed by atoms with Crippen molar-refractivity contribution in [2.45, 2.75) is 11.8 Å². The van der Waals surface area contributed by atoms with Gasteiger partial charge in [0.2, 0.25) is 10.0 Å². The molecule has 0 saturated carbocycles. The molecule has 0 aromatic heterocycles. The number of carboxylic acids is 1. The number of piperazine rings is 1. The molecule has 31 heavy (non-hydrogen) atoms. The summed E-state index contributed by atoms with van der Waals surface area (Å²) in [6, 6.07) is 12.6. The fraction of sp³-hybridized carbons (Fsp3) is 0.250. The fourth-order valence-electron chi connectivity index (χ4n) is 2.89. The minimum absolute atomic E-state index is 0.108. The number of amidine groups is 1. The van der Waals surface area contributed by atoms with E-state index in [1.54, 1.807) is 29.2 Å². The maximum atomic E-state index is 12.7. The number of carbonyl (C=O) groups is 2. The average Bonchev–Trinajstić information content (AvgIpc) is 2.73. The molecule has 1 aliphatic rings. The molecule has 9 nitrogen and oxygen atoms in total. The van der Waals surface area contributed by atoms with Crippen molar-refractivity contribution < 1.29 is 23.1 Å². The molecule has 0 aliphatic carbocycles. The number of sulfonamides is 1. The van der Waals surface area contributed by atoms with Crippen LogP contribution in [-0.2, 0) is 14.8 Å². The van der Waals surface area contributed by atoms with Gasteiger partial charge in [-0.3, -0.25) is 15.0 Å². The lowest BCUT2D eigenvalue weighted by molar-refractivity contribution is -0.134. The third kappa shape index (κ3) is 6.51. The van der Waals surface area contributed by atoms with Crippen molar-refractivity contribution in [2.24, 2.45) is 5.73 Å². The summed E-state index contributed by atoms with van der Waals surface area (Å²) in [6.45, 7) is 2.08. The van der Waals surface area contributed by atoms with Crippen molar-refractivity contribution in [3.63, 3.8) is 0 Å². The number of nitrogens with zero attached hydrogens (tertiary/aromatic N) is 2. The Kier molecular flexibility index (Phi) is 8.14. The summed E-state index contributed by atoms with van der Waals surface area (Å²) in [4.78, 5) is 23.5. The highest BCUT2D eigenvalue weighted by Crippen LogP contribution is 2.20. The van der Waals surface area contributed by atoms with E-state index in [0.29, 0.717) is 16.1 Å². The zero-order valence-corrected chi connectivity index (χ0v) is 18.4. The van der Waals surface area contributed by atoms with E-state index in [1.165, 1.54) is 28.6 Å². The van der Waals surface area contributed by atoms with E-state index in [2.05, 4.69) is 0 Å². The first kappa shape index (κ1) is 24.3. The molecule has 2 aromatic rings. The van der Waals surface area contributed by atoms with E-state index < -0.39 is 16.0 Å². The Hall–Kier alpha value is -2.95. The van der Waals surface area contributed by atoms with Crippen molar-refractivity contribution >= 4 is 39.3 Å². The van der Waals surface area contributed by atoms with Crippen LogP contribution in [0.15, 0.2) is 53.4 Å². The number of hydrogen-bond acceptors (Lipinski definition) is 5. The molecule has 1 saturated heterocycles. The standard InChI is InChI=1S/C18H19ClN4O3S.C2H4O2/c19-15-4-6-16(7-5-15)27(25,26)23-10-8-22(9-11-23)18(24)14-3-1-2-13(12-14)17(20)21;1-2(3)4/h1-7,12H,8-11H2,(H3,20,21);1H3,(H,3,4). The molecule has 4 N–H and O–H groups in total. The van der Waals surface area contributed by atoms with Crippen LogP contribution < -0.4 is 5.73 Å². The van der Waals surface area contributed by atoms with E-state index in [0.717, 1.165) is 6.92 Å². The molecule has 1 heterocycles. The van der Waals surface area contributed by atoms with Crippen molar-refractivity contribution in [3.8, 4) is 0 Å². The van der Waals surface area contributed by atoms with Crippen LogP contribution in [0.25, 0.3) is 0 Å². The maximum absolute atomic E-state index is 12.7. The summed E-state index contributed by atoms with van der Waals surface area (Å²) in [5.74, 6) is -1.15. The van der Waals surface area contributed by atoms with E-state index in [9.17, 15) is 13.2 Å². The van der Waals surface area contributed by atoms with Gasteiger partial charge in [0.05, 0.1) is 4.90 Å². The van der Waals surface area contributed by atoms with Crippen LogP contribution >= 0.6 is 11.6 Å². The Morgan fingerprint density at radius 2 is 1.55 bits per heavy atom. The number of benzene rings is 2. The van der Waals surface area contributed by atoms with Gasteiger partial charge >= 0.3 is 0 Å². The van der Waals surface area contributed by atoms with Crippen LogP contribution in [-0.4, -0.2) is 66.6 Å². The first-order valence-electron chi connectivity index (χ1n) is 9.21. The maximum Gasteiger partial charge on any atom is 0.300 e. The van der Waals surface area contributed by atoms with Gasteiger partial charge in [-0.2, -0.15) is 4.31 Å². The number of halogens is 1. The number of nitrogen functional groups attached to an aromatic ring is 1. The minimum Gasteiger partial charge on any atom is -0.481 e. The fourth-order valence-corrected chi connectivity index (χ4v) is 4.44. The van der Waals surface area contributed by atoms with Gasteiger partial charge in [-0.05, 0) is 36.4 Å². The van der Waals surface area contributed by atoms with E-state index in [1.807, 2.05) is 0 Å². The van der Waals surface area contributed by atoms with Crippen molar-refractivity contribution in [1.82, 2.24) is 9.21 Å². The largest absolute Gasteiger partial charge is 0.481 e. The second-order valence-electron chi connectivity index (χ2n) is 6.66. The highest BCUT2D eigenvalue weighted by molar-refractivity contribution is 7.89. The van der Waals surface area contributed by atoms with Crippen LogP contribution in [0.1, 0.15) is 22.8 Å². The molecule has 2 aromatic carbocycles. The lowest BCUT2D eigenvalue weighted by Gasteiger charge is -2.34. The van der Waals surface area contributed by atoms with E-state index in [-0.39, 0.29) is 42.8 Å². The number of carbonyl (C=O) groups excluding carboxylic acids is 1. The number of aliphatic carboxylic acids is 1. The number of carboxylic acid groups (broad SMARTS) is 1. The quantitative estimate of drug-likeness (QED) is 0.463. The van der Waals surface area contributed by atoms with Gasteiger partial charge < -0.3 is 15.7 Å². The molecule has 0 bridgehead atoms. The zero-order valence-electron chi connectivity index (χ0n) is 16.8. The normalized spacial score (nSPS) is 14.3. The molecule has 1 fully saturated rings. The third-order valence-corrected chi connectivity index (χ3v) is 6.56. The zero-order chi connectivity index (χ0) is 23.2. The van der Waals surface area contributed by atoms with Crippen LogP contribution in [0.2, 0.25) is 5.02 Å². The molecule has 11 heteroatoms. The average molecular weight is 467 g/mol. The van der Waals surface area contributed by atoms with Crippen molar-refractivity contribution in [2.75, 3.05) is 26.2 Å². The van der Waals surface area contributed by atoms with Crippen LogP contribution in [0.3, 0.4) is 0 Å². The Morgan fingerprint density at radius 1 is 1.03 bits per heavy atom. The van der Waals surface area contributed by atoms with Gasteiger partial charge in [0.15, 0.2) is 0 Å². The van der Waals surface area contributed by atoms with Gasteiger partial charge in [-0.15, -0.1) is 0 Å². The van der Waals surface area contributed by atoms with Crippen molar-refractivity contribution in [3.05, 3.63) is 64.7 Å². The lowest BCUT2D eigenvalue weighted by Crippen LogP contribution is -2.50. The van der Waals surface area contributed by atoms with Crippen LogP contribution in [0, 0.1) is 5.41 Å². The number of amides is 1. The molecule has 0 unspecified atom stereocenters. The number of hydrogen-bond donors (Lipinski definition) is 3. The molecular formula is C20H23ClN4O5S. The lowest BCUT2D eigenvalue weighted by atomic mass is 10.1. The van der Waals surface area contributed by atoms with Gasteiger partial charge in [0.1, 0.15) is 5.84 Å².